The Labute approximate surface area is 151 Å². The number of hydrogen-bond acceptors (Lipinski definition) is 6. The fourth-order valence-corrected chi connectivity index (χ4v) is 8.04. The summed E-state index contributed by atoms with van der Waals surface area (Å²) < 4.78 is 17.7. The zero-order valence-corrected chi connectivity index (χ0v) is 15.0. The van der Waals surface area contributed by atoms with Gasteiger partial charge in [-0.3, -0.25) is 0 Å². The highest BCUT2D eigenvalue weighted by Crippen LogP contribution is 2.87. The summed E-state index contributed by atoms with van der Waals surface area (Å²) in [5.74, 6) is 0.148. The Balaban J connectivity index is 1.39. The number of aliphatic hydroxyl groups excluding tert-OH is 1. The van der Waals surface area contributed by atoms with Crippen LogP contribution in [0.4, 0.5) is 0 Å². The number of carbonyl (C=O) groups excluding carboxylic acids is 1. The summed E-state index contributed by atoms with van der Waals surface area (Å²) in [4.78, 5) is 12.0. The number of carbonyl (C=O) groups is 1. The Morgan fingerprint density at radius 3 is 2.85 bits per heavy atom. The van der Waals surface area contributed by atoms with Crippen molar-refractivity contribution in [3.63, 3.8) is 0 Å². The van der Waals surface area contributed by atoms with Crippen LogP contribution in [0.15, 0.2) is 11.1 Å². The zero-order chi connectivity index (χ0) is 17.9. The standard InChI is InChI=1S/C20H24O6/c1-8(2)19-14(26-19)12-6-17(12)18(23)4-3-9-10(7-24-15(9)21)11(18)5-13-20(17,25-13)16(19)22/h8,11-14,16,22-23H,3-7H2,1-2H3/t11-,12-,13-,14-,16+,17-,18+,19-,20+/m0/s1. The summed E-state index contributed by atoms with van der Waals surface area (Å²) in [6.45, 7) is 4.51. The van der Waals surface area contributed by atoms with Gasteiger partial charge in [-0.2, -0.15) is 0 Å². The van der Waals surface area contributed by atoms with E-state index in [1.807, 2.05) is 0 Å². The van der Waals surface area contributed by atoms with Gasteiger partial charge in [0.2, 0.25) is 0 Å². The molecule has 6 nitrogen and oxygen atoms in total. The Kier molecular flexibility index (Phi) is 2.19. The molecule has 3 saturated carbocycles. The van der Waals surface area contributed by atoms with Gasteiger partial charge in [0.05, 0.1) is 17.8 Å². The van der Waals surface area contributed by atoms with Crippen molar-refractivity contribution < 1.29 is 29.2 Å². The first-order valence-corrected chi connectivity index (χ1v) is 9.99. The largest absolute Gasteiger partial charge is 0.458 e. The van der Waals surface area contributed by atoms with Crippen molar-refractivity contribution >= 4 is 5.97 Å². The molecule has 7 aliphatic rings. The number of esters is 1. The normalized spacial score (nSPS) is 63.1. The van der Waals surface area contributed by atoms with E-state index in [0.29, 0.717) is 25.9 Å². The second-order valence-electron chi connectivity index (χ2n) is 9.92. The minimum absolute atomic E-state index is 0.0209. The lowest BCUT2D eigenvalue weighted by atomic mass is 9.50. The van der Waals surface area contributed by atoms with Gasteiger partial charge < -0.3 is 24.4 Å². The molecule has 3 heterocycles. The molecule has 9 atom stereocenters. The van der Waals surface area contributed by atoms with Crippen LogP contribution in [0.3, 0.4) is 0 Å². The molecule has 0 aromatic heterocycles. The molecule has 0 radical (unpaired) electrons. The molecule has 7 rings (SSSR count). The van der Waals surface area contributed by atoms with E-state index in [-0.39, 0.29) is 35.9 Å². The monoisotopic (exact) mass is 360 g/mol. The second-order valence-corrected chi connectivity index (χ2v) is 9.92. The molecule has 2 spiro atoms. The molecule has 0 amide bonds. The highest BCUT2D eigenvalue weighted by Gasteiger charge is 2.98. The number of aliphatic hydroxyl groups is 2. The van der Waals surface area contributed by atoms with Gasteiger partial charge in [0.25, 0.3) is 0 Å². The summed E-state index contributed by atoms with van der Waals surface area (Å²) in [6.07, 6.45) is 1.90. The van der Waals surface area contributed by atoms with Crippen molar-refractivity contribution in [2.24, 2.45) is 23.2 Å². The molecule has 26 heavy (non-hydrogen) atoms. The third-order valence-corrected chi connectivity index (χ3v) is 9.26. The maximum atomic E-state index is 12.0. The summed E-state index contributed by atoms with van der Waals surface area (Å²) in [5, 5.41) is 23.5. The van der Waals surface area contributed by atoms with E-state index in [4.69, 9.17) is 14.2 Å². The molecule has 0 bridgehead atoms. The first-order valence-electron chi connectivity index (χ1n) is 9.99. The molecule has 3 aliphatic heterocycles. The average Bonchev–Trinajstić information content (AvgIpc) is 3.47. The number of fused-ring (bicyclic) bond motifs is 4. The lowest BCUT2D eigenvalue weighted by Gasteiger charge is -2.54. The van der Waals surface area contributed by atoms with Gasteiger partial charge in [-0.25, -0.2) is 4.79 Å². The minimum Gasteiger partial charge on any atom is -0.458 e. The smallest absolute Gasteiger partial charge is 0.334 e. The first-order chi connectivity index (χ1) is 12.3. The summed E-state index contributed by atoms with van der Waals surface area (Å²) in [5.41, 5.74) is -0.781. The van der Waals surface area contributed by atoms with Crippen LogP contribution in [0.2, 0.25) is 0 Å². The fraction of sp³-hybridized carbons (Fsp3) is 0.850. The predicted octanol–water partition coefficient (Wildman–Crippen LogP) is 0.697. The molecular weight excluding hydrogens is 336 g/mol. The highest BCUT2D eigenvalue weighted by atomic mass is 16.7. The number of hydrogen-bond donors (Lipinski definition) is 2. The van der Waals surface area contributed by atoms with Crippen molar-refractivity contribution in [3.05, 3.63) is 11.1 Å². The maximum Gasteiger partial charge on any atom is 0.334 e. The van der Waals surface area contributed by atoms with Crippen LogP contribution in [-0.4, -0.2) is 57.9 Å². The fourth-order valence-electron chi connectivity index (χ4n) is 8.04. The van der Waals surface area contributed by atoms with Crippen molar-refractivity contribution in [1.82, 2.24) is 0 Å². The number of epoxide rings is 2. The van der Waals surface area contributed by atoms with Crippen LogP contribution < -0.4 is 0 Å². The van der Waals surface area contributed by atoms with Crippen molar-refractivity contribution in [3.8, 4) is 0 Å². The third-order valence-electron chi connectivity index (χ3n) is 9.26. The van der Waals surface area contributed by atoms with Gasteiger partial charge in [0.15, 0.2) is 0 Å². The van der Waals surface area contributed by atoms with E-state index in [2.05, 4.69) is 13.8 Å². The third kappa shape index (κ3) is 1.14. The highest BCUT2D eigenvalue weighted by molar-refractivity contribution is 5.92. The molecule has 4 aliphatic carbocycles. The van der Waals surface area contributed by atoms with Crippen LogP contribution in [-0.2, 0) is 19.0 Å². The first kappa shape index (κ1) is 15.0. The minimum atomic E-state index is -0.937. The summed E-state index contributed by atoms with van der Waals surface area (Å²) in [6, 6.07) is 0. The Hall–Kier alpha value is -0.950. The van der Waals surface area contributed by atoms with Crippen LogP contribution in [0, 0.1) is 23.2 Å². The van der Waals surface area contributed by atoms with E-state index in [9.17, 15) is 15.0 Å². The number of rotatable bonds is 1. The van der Waals surface area contributed by atoms with Gasteiger partial charge in [0, 0.05) is 22.8 Å². The SMILES string of the molecule is CC(C)[C@]12O[C@H]1[C@@H]1C[C@]13[C@]1(O[C@H]1C[C@H]1C4=C(CC[C@@]13O)C(=O)OC4)[C@@H]2O. The Morgan fingerprint density at radius 1 is 1.27 bits per heavy atom. The van der Waals surface area contributed by atoms with Crippen molar-refractivity contribution in [2.75, 3.05) is 6.61 Å². The summed E-state index contributed by atoms with van der Waals surface area (Å²) >= 11 is 0. The molecular formula is C20H24O6. The molecule has 0 aromatic carbocycles. The molecule has 6 heteroatoms. The predicted molar refractivity (Wildman–Crippen MR) is 86.9 cm³/mol. The molecule has 5 fully saturated rings. The Morgan fingerprint density at radius 2 is 2.08 bits per heavy atom. The molecule has 2 saturated heterocycles. The molecule has 2 N–H and O–H groups in total. The van der Waals surface area contributed by atoms with E-state index >= 15 is 0 Å². The number of ether oxygens (including phenoxy) is 3. The molecule has 0 aromatic rings. The quantitative estimate of drug-likeness (QED) is 0.528. The van der Waals surface area contributed by atoms with Gasteiger partial charge in [-0.1, -0.05) is 13.8 Å². The van der Waals surface area contributed by atoms with E-state index < -0.39 is 28.3 Å². The van der Waals surface area contributed by atoms with Crippen molar-refractivity contribution in [1.29, 1.82) is 0 Å². The number of cyclic esters (lactones) is 1. The van der Waals surface area contributed by atoms with Gasteiger partial charge in [-0.15, -0.1) is 0 Å². The van der Waals surface area contributed by atoms with E-state index in [0.717, 1.165) is 17.6 Å². The lowest BCUT2D eigenvalue weighted by Crippen LogP contribution is -2.68. The van der Waals surface area contributed by atoms with Gasteiger partial charge in [0.1, 0.15) is 23.9 Å². The van der Waals surface area contributed by atoms with Crippen molar-refractivity contribution in [2.45, 2.75) is 74.6 Å². The average molecular weight is 360 g/mol. The van der Waals surface area contributed by atoms with Crippen LogP contribution in [0.25, 0.3) is 0 Å². The lowest BCUT2D eigenvalue weighted by molar-refractivity contribution is -0.165. The van der Waals surface area contributed by atoms with E-state index in [1.165, 1.54) is 0 Å². The summed E-state index contributed by atoms with van der Waals surface area (Å²) in [7, 11) is 0. The van der Waals surface area contributed by atoms with E-state index in [1.54, 1.807) is 0 Å². The molecule has 140 valence electrons. The zero-order valence-electron chi connectivity index (χ0n) is 15.0. The van der Waals surface area contributed by atoms with Gasteiger partial charge in [-0.05, 0) is 37.2 Å². The Bertz CT molecular complexity index is 819. The topological polar surface area (TPSA) is 91.8 Å². The van der Waals surface area contributed by atoms with Crippen LogP contribution in [0.1, 0.15) is 39.5 Å². The second kappa shape index (κ2) is 3.79. The van der Waals surface area contributed by atoms with Crippen LogP contribution >= 0.6 is 0 Å². The van der Waals surface area contributed by atoms with Crippen LogP contribution in [0.5, 0.6) is 0 Å². The molecule has 0 unspecified atom stereocenters. The van der Waals surface area contributed by atoms with Gasteiger partial charge >= 0.3 is 5.97 Å². The maximum absolute atomic E-state index is 12.0.